The summed E-state index contributed by atoms with van der Waals surface area (Å²) in [5, 5.41) is 0.218. The molecule has 1 unspecified atom stereocenters. The van der Waals surface area contributed by atoms with E-state index in [9.17, 15) is 4.79 Å². The molecule has 0 aromatic rings. The summed E-state index contributed by atoms with van der Waals surface area (Å²) in [4.78, 5) is 13.2. The third kappa shape index (κ3) is 9.51. The van der Waals surface area contributed by atoms with Crippen molar-refractivity contribution in [1.82, 2.24) is 4.90 Å². The molecular weight excluding hydrogens is 286 g/mol. The summed E-state index contributed by atoms with van der Waals surface area (Å²) in [6.45, 7) is 9.38. The third-order valence-electron chi connectivity index (χ3n) is 3.63. The lowest BCUT2D eigenvalue weighted by Gasteiger charge is -2.35. The number of carbonyl (C=O) groups excluding carboxylic acids is 1. The van der Waals surface area contributed by atoms with Crippen molar-refractivity contribution >= 4 is 16.9 Å². The summed E-state index contributed by atoms with van der Waals surface area (Å²) in [6.07, 6.45) is 4.82. The summed E-state index contributed by atoms with van der Waals surface area (Å²) in [5.74, 6) is 0.933. The highest BCUT2D eigenvalue weighted by atomic mass is 32.2. The minimum atomic E-state index is -0.116. The fourth-order valence-electron chi connectivity index (χ4n) is 2.31. The Hall–Kier alpha value is -0.100. The van der Waals surface area contributed by atoms with Crippen LogP contribution in [0, 0.1) is 0 Å². The highest BCUT2D eigenvalue weighted by Crippen LogP contribution is 2.20. The zero-order valence-corrected chi connectivity index (χ0v) is 14.8. The van der Waals surface area contributed by atoms with Gasteiger partial charge in [0.25, 0.3) is 0 Å². The maximum absolute atomic E-state index is 10.8. The molecule has 0 bridgehead atoms. The monoisotopic (exact) mass is 317 g/mol. The Morgan fingerprint density at radius 3 is 2.62 bits per heavy atom. The molecule has 0 radical (unpaired) electrons. The van der Waals surface area contributed by atoms with E-state index in [-0.39, 0.29) is 16.8 Å². The molecule has 0 spiro atoms. The van der Waals surface area contributed by atoms with E-state index < -0.39 is 0 Å². The zero-order chi connectivity index (χ0) is 15.7. The van der Waals surface area contributed by atoms with Gasteiger partial charge in [-0.15, -0.1) is 0 Å². The van der Waals surface area contributed by atoms with Crippen LogP contribution in [-0.2, 0) is 14.3 Å². The second kappa shape index (κ2) is 9.82. The number of unbranched alkanes of at least 4 members (excludes halogenated alkanes) is 1. The van der Waals surface area contributed by atoms with Crippen LogP contribution in [-0.4, -0.2) is 60.8 Å². The lowest BCUT2D eigenvalue weighted by Crippen LogP contribution is -2.42. The van der Waals surface area contributed by atoms with E-state index in [1.165, 1.54) is 24.6 Å². The number of thioether (sulfide) groups is 1. The van der Waals surface area contributed by atoms with Gasteiger partial charge in [-0.1, -0.05) is 11.8 Å². The molecule has 0 aromatic heterocycles. The molecule has 4 nitrogen and oxygen atoms in total. The van der Waals surface area contributed by atoms with Crippen LogP contribution in [0.1, 0.15) is 46.5 Å². The molecule has 0 amide bonds. The quantitative estimate of drug-likeness (QED) is 0.611. The van der Waals surface area contributed by atoms with Crippen molar-refractivity contribution in [1.29, 1.82) is 0 Å². The Kier molecular flexibility index (Phi) is 8.86. The molecule has 0 aromatic carbocycles. The first-order chi connectivity index (χ1) is 9.89. The number of nitrogens with zero attached hydrogens (tertiary/aromatic N) is 1. The first kappa shape index (κ1) is 18.9. The average molecular weight is 317 g/mol. The van der Waals surface area contributed by atoms with Crippen LogP contribution < -0.4 is 0 Å². The predicted octanol–water partition coefficient (Wildman–Crippen LogP) is 2.95. The molecule has 0 aliphatic carbocycles. The average Bonchev–Trinajstić information content (AvgIpc) is 2.41. The van der Waals surface area contributed by atoms with Crippen molar-refractivity contribution < 1.29 is 14.3 Å². The summed E-state index contributed by atoms with van der Waals surface area (Å²) in [6, 6.07) is 0. The summed E-state index contributed by atoms with van der Waals surface area (Å²) in [7, 11) is 2.15. The predicted molar refractivity (Wildman–Crippen MR) is 88.9 cm³/mol. The Labute approximate surface area is 133 Å². The van der Waals surface area contributed by atoms with E-state index in [2.05, 4.69) is 25.8 Å². The van der Waals surface area contributed by atoms with Crippen LogP contribution in [0.15, 0.2) is 0 Å². The Bertz CT molecular complexity index is 300. The Morgan fingerprint density at radius 1 is 1.29 bits per heavy atom. The molecule has 0 saturated carbocycles. The van der Waals surface area contributed by atoms with Gasteiger partial charge in [-0.25, -0.2) is 0 Å². The fourth-order valence-corrected chi connectivity index (χ4v) is 2.87. The van der Waals surface area contributed by atoms with E-state index in [1.54, 1.807) is 6.92 Å². The molecular formula is C16H31NO3S. The van der Waals surface area contributed by atoms with E-state index in [0.29, 0.717) is 6.61 Å². The molecule has 21 heavy (non-hydrogen) atoms. The van der Waals surface area contributed by atoms with Crippen LogP contribution >= 0.6 is 11.8 Å². The van der Waals surface area contributed by atoms with Gasteiger partial charge in [0.05, 0.1) is 24.9 Å². The molecule has 5 heteroatoms. The summed E-state index contributed by atoms with van der Waals surface area (Å²) in [5.41, 5.74) is -0.116. The van der Waals surface area contributed by atoms with E-state index in [0.717, 1.165) is 38.3 Å². The van der Waals surface area contributed by atoms with Crippen molar-refractivity contribution in [3.8, 4) is 0 Å². The number of carbonyl (C=O) groups is 1. The number of ether oxygens (including phenoxy) is 2. The number of hydrogen-bond acceptors (Lipinski definition) is 5. The molecule has 0 N–H and O–H groups in total. The van der Waals surface area contributed by atoms with Gasteiger partial charge in [0.15, 0.2) is 5.12 Å². The Balaban J connectivity index is 1.95. The fraction of sp³-hybridized carbons (Fsp3) is 0.938. The smallest absolute Gasteiger partial charge is 0.185 e. The molecule has 1 heterocycles. The third-order valence-corrected chi connectivity index (χ3v) is 4.53. The minimum absolute atomic E-state index is 0.116. The van der Waals surface area contributed by atoms with Crippen molar-refractivity contribution in [2.24, 2.45) is 0 Å². The maximum Gasteiger partial charge on any atom is 0.185 e. The molecule has 1 saturated heterocycles. The minimum Gasteiger partial charge on any atom is -0.373 e. The van der Waals surface area contributed by atoms with E-state index in [1.807, 2.05) is 0 Å². The molecule has 1 rings (SSSR count). The summed E-state index contributed by atoms with van der Waals surface area (Å²) >= 11 is 1.42. The molecule has 1 atom stereocenters. The SMILES string of the molecule is CC(=O)SCCCN(C)CCCCC1COC(C)(C)CO1. The van der Waals surface area contributed by atoms with Crippen LogP contribution in [0.2, 0.25) is 0 Å². The first-order valence-corrected chi connectivity index (χ1v) is 8.95. The molecule has 1 aliphatic heterocycles. The normalized spacial score (nSPS) is 21.7. The van der Waals surface area contributed by atoms with Gasteiger partial charge < -0.3 is 14.4 Å². The van der Waals surface area contributed by atoms with Gasteiger partial charge in [0.1, 0.15) is 0 Å². The highest BCUT2D eigenvalue weighted by Gasteiger charge is 2.27. The van der Waals surface area contributed by atoms with Crippen LogP contribution in [0.4, 0.5) is 0 Å². The molecule has 1 fully saturated rings. The van der Waals surface area contributed by atoms with Gasteiger partial charge in [0, 0.05) is 12.7 Å². The van der Waals surface area contributed by atoms with Gasteiger partial charge in [-0.3, -0.25) is 4.79 Å². The number of rotatable bonds is 9. The topological polar surface area (TPSA) is 38.8 Å². The van der Waals surface area contributed by atoms with Gasteiger partial charge >= 0.3 is 0 Å². The zero-order valence-electron chi connectivity index (χ0n) is 14.0. The molecule has 124 valence electrons. The van der Waals surface area contributed by atoms with Crippen molar-refractivity contribution in [2.75, 3.05) is 39.1 Å². The van der Waals surface area contributed by atoms with E-state index >= 15 is 0 Å². The lowest BCUT2D eigenvalue weighted by atomic mass is 10.1. The maximum atomic E-state index is 10.8. The van der Waals surface area contributed by atoms with Gasteiger partial charge in [-0.05, 0) is 59.7 Å². The van der Waals surface area contributed by atoms with Crippen molar-refractivity contribution in [2.45, 2.75) is 58.2 Å². The standard InChI is InChI=1S/C16H31NO3S/c1-14(18)21-11-7-10-17(4)9-6-5-8-15-12-20-16(2,3)13-19-15/h15H,5-13H2,1-4H3. The highest BCUT2D eigenvalue weighted by molar-refractivity contribution is 8.13. The largest absolute Gasteiger partial charge is 0.373 e. The van der Waals surface area contributed by atoms with Crippen LogP contribution in [0.5, 0.6) is 0 Å². The van der Waals surface area contributed by atoms with Crippen molar-refractivity contribution in [3.05, 3.63) is 0 Å². The first-order valence-electron chi connectivity index (χ1n) is 7.96. The summed E-state index contributed by atoms with van der Waals surface area (Å²) < 4.78 is 11.6. The Morgan fingerprint density at radius 2 is 2.00 bits per heavy atom. The van der Waals surface area contributed by atoms with Crippen LogP contribution in [0.3, 0.4) is 0 Å². The lowest BCUT2D eigenvalue weighted by molar-refractivity contribution is -0.176. The molecule has 1 aliphatic rings. The second-order valence-corrected chi connectivity index (χ2v) is 7.77. The van der Waals surface area contributed by atoms with Crippen LogP contribution in [0.25, 0.3) is 0 Å². The van der Waals surface area contributed by atoms with Gasteiger partial charge in [0.2, 0.25) is 0 Å². The van der Waals surface area contributed by atoms with Gasteiger partial charge in [-0.2, -0.15) is 0 Å². The second-order valence-electron chi connectivity index (χ2n) is 6.50. The van der Waals surface area contributed by atoms with E-state index in [4.69, 9.17) is 9.47 Å². The van der Waals surface area contributed by atoms with Crippen molar-refractivity contribution in [3.63, 3.8) is 0 Å². The number of hydrogen-bond donors (Lipinski definition) is 0.